The van der Waals surface area contributed by atoms with E-state index in [9.17, 15) is 0 Å². The number of hydrogen-bond donors (Lipinski definition) is 1. The van der Waals surface area contributed by atoms with Gasteiger partial charge in [-0.25, -0.2) is 0 Å². The quantitative estimate of drug-likeness (QED) is 0.905. The zero-order chi connectivity index (χ0) is 13.9. The standard InChI is InChI=1S/C16H26N2S2/c1-12-11-15(14-6-10-19-16(14)20-12)17-7-3-13-4-8-18(2)9-5-13/h6,10,12-13,15,17H,3-5,7-9,11H2,1-2H3/t12-,15?/m0/s1. The summed E-state index contributed by atoms with van der Waals surface area (Å²) in [6.45, 7) is 6.12. The van der Waals surface area contributed by atoms with Gasteiger partial charge in [0.15, 0.2) is 0 Å². The van der Waals surface area contributed by atoms with Gasteiger partial charge in [-0.2, -0.15) is 0 Å². The molecule has 1 aromatic rings. The first kappa shape index (κ1) is 14.9. The molecule has 2 atom stereocenters. The number of hydrogen-bond acceptors (Lipinski definition) is 4. The number of fused-ring (bicyclic) bond motifs is 1. The molecule has 0 aliphatic carbocycles. The summed E-state index contributed by atoms with van der Waals surface area (Å²) in [4.78, 5) is 2.46. The monoisotopic (exact) mass is 310 g/mol. The fraction of sp³-hybridized carbons (Fsp3) is 0.750. The lowest BCUT2D eigenvalue weighted by Gasteiger charge is -2.31. The van der Waals surface area contributed by atoms with Crippen LogP contribution in [-0.4, -0.2) is 36.8 Å². The van der Waals surface area contributed by atoms with Gasteiger partial charge in [-0.3, -0.25) is 0 Å². The number of nitrogens with zero attached hydrogens (tertiary/aromatic N) is 1. The van der Waals surface area contributed by atoms with Gasteiger partial charge in [0.05, 0.1) is 4.21 Å². The van der Waals surface area contributed by atoms with Crippen molar-refractivity contribution in [1.82, 2.24) is 10.2 Å². The van der Waals surface area contributed by atoms with E-state index in [2.05, 4.69) is 47.4 Å². The molecule has 0 aromatic carbocycles. The minimum atomic E-state index is 0.596. The third-order valence-electron chi connectivity index (χ3n) is 4.69. The molecule has 1 N–H and O–H groups in total. The number of likely N-dealkylation sites (tertiary alicyclic amines) is 1. The summed E-state index contributed by atoms with van der Waals surface area (Å²) in [5.74, 6) is 0.941. The van der Waals surface area contributed by atoms with E-state index in [0.29, 0.717) is 6.04 Å². The Bertz CT molecular complexity index is 424. The van der Waals surface area contributed by atoms with Crippen LogP contribution in [0.4, 0.5) is 0 Å². The number of rotatable bonds is 4. The molecule has 1 unspecified atom stereocenters. The summed E-state index contributed by atoms with van der Waals surface area (Å²) in [6, 6.07) is 2.92. The topological polar surface area (TPSA) is 15.3 Å². The van der Waals surface area contributed by atoms with Gasteiger partial charge in [0.25, 0.3) is 0 Å². The van der Waals surface area contributed by atoms with Crippen LogP contribution in [0.1, 0.15) is 44.2 Å². The Labute approximate surface area is 131 Å². The Morgan fingerprint density at radius 3 is 2.95 bits per heavy atom. The average molecular weight is 311 g/mol. The van der Waals surface area contributed by atoms with E-state index in [1.807, 2.05) is 11.3 Å². The Morgan fingerprint density at radius 2 is 2.15 bits per heavy atom. The third kappa shape index (κ3) is 3.59. The maximum atomic E-state index is 3.83. The van der Waals surface area contributed by atoms with E-state index in [-0.39, 0.29) is 0 Å². The maximum absolute atomic E-state index is 3.83. The highest BCUT2D eigenvalue weighted by Crippen LogP contribution is 2.43. The molecule has 2 aliphatic rings. The zero-order valence-corrected chi connectivity index (χ0v) is 14.2. The van der Waals surface area contributed by atoms with E-state index < -0.39 is 0 Å². The Kier molecular flexibility index (Phi) is 5.08. The van der Waals surface area contributed by atoms with Crippen LogP contribution in [0, 0.1) is 5.92 Å². The van der Waals surface area contributed by atoms with Crippen LogP contribution >= 0.6 is 23.1 Å². The van der Waals surface area contributed by atoms with Crippen LogP contribution < -0.4 is 5.32 Å². The van der Waals surface area contributed by atoms with E-state index in [0.717, 1.165) is 11.2 Å². The number of nitrogens with one attached hydrogen (secondary N) is 1. The van der Waals surface area contributed by atoms with Crippen molar-refractivity contribution >= 4 is 23.1 Å². The lowest BCUT2D eigenvalue weighted by molar-refractivity contribution is 0.210. The minimum absolute atomic E-state index is 0.596. The molecular weight excluding hydrogens is 284 g/mol. The molecule has 3 rings (SSSR count). The molecule has 3 heterocycles. The summed E-state index contributed by atoms with van der Waals surface area (Å²) in [6.07, 6.45) is 5.41. The first-order valence-electron chi connectivity index (χ1n) is 7.88. The molecule has 0 amide bonds. The lowest BCUT2D eigenvalue weighted by Crippen LogP contribution is -2.33. The first-order valence-corrected chi connectivity index (χ1v) is 9.64. The number of piperidine rings is 1. The van der Waals surface area contributed by atoms with Gasteiger partial charge in [0.2, 0.25) is 0 Å². The molecule has 2 nitrogen and oxygen atoms in total. The molecule has 0 bridgehead atoms. The van der Waals surface area contributed by atoms with Crippen LogP contribution in [0.25, 0.3) is 0 Å². The normalized spacial score (nSPS) is 28.5. The molecule has 1 aromatic heterocycles. The number of thioether (sulfide) groups is 1. The zero-order valence-electron chi connectivity index (χ0n) is 12.6. The summed E-state index contributed by atoms with van der Waals surface area (Å²) in [5.41, 5.74) is 1.56. The van der Waals surface area contributed by atoms with Gasteiger partial charge in [-0.05, 0) is 75.3 Å². The third-order valence-corrected chi connectivity index (χ3v) is 7.04. The summed E-state index contributed by atoms with van der Waals surface area (Å²) >= 11 is 3.97. The Hall–Kier alpha value is -0.0300. The van der Waals surface area contributed by atoms with Crippen molar-refractivity contribution in [2.45, 2.75) is 48.1 Å². The van der Waals surface area contributed by atoms with Crippen molar-refractivity contribution in [3.05, 3.63) is 17.0 Å². The minimum Gasteiger partial charge on any atom is -0.310 e. The Balaban J connectivity index is 1.47. The van der Waals surface area contributed by atoms with Crippen LogP contribution in [0.5, 0.6) is 0 Å². The highest BCUT2D eigenvalue weighted by atomic mass is 32.2. The molecule has 20 heavy (non-hydrogen) atoms. The van der Waals surface area contributed by atoms with Crippen molar-refractivity contribution < 1.29 is 0 Å². The predicted octanol–water partition coefficient (Wildman–Crippen LogP) is 4.00. The van der Waals surface area contributed by atoms with Gasteiger partial charge in [0.1, 0.15) is 0 Å². The highest BCUT2D eigenvalue weighted by molar-refractivity contribution is 8.01. The maximum Gasteiger partial charge on any atom is 0.0649 e. The molecule has 1 fully saturated rings. The second-order valence-electron chi connectivity index (χ2n) is 6.37. The van der Waals surface area contributed by atoms with Gasteiger partial charge in [-0.1, -0.05) is 6.92 Å². The molecular formula is C16H26N2S2. The highest BCUT2D eigenvalue weighted by Gasteiger charge is 2.26. The smallest absolute Gasteiger partial charge is 0.0649 e. The van der Waals surface area contributed by atoms with Crippen molar-refractivity contribution in [3.8, 4) is 0 Å². The molecule has 112 valence electrons. The average Bonchev–Trinajstić information content (AvgIpc) is 2.89. The SMILES string of the molecule is C[C@H]1CC(NCCC2CCN(C)CC2)c2ccsc2S1. The largest absolute Gasteiger partial charge is 0.310 e. The van der Waals surface area contributed by atoms with Crippen LogP contribution in [0.2, 0.25) is 0 Å². The molecule has 1 saturated heterocycles. The summed E-state index contributed by atoms with van der Waals surface area (Å²) in [5, 5.41) is 6.84. The van der Waals surface area contributed by atoms with Gasteiger partial charge >= 0.3 is 0 Å². The lowest BCUT2D eigenvalue weighted by atomic mass is 9.93. The molecule has 4 heteroatoms. The molecule has 2 aliphatic heterocycles. The van der Waals surface area contributed by atoms with E-state index >= 15 is 0 Å². The fourth-order valence-corrected chi connectivity index (χ4v) is 5.92. The second-order valence-corrected chi connectivity index (χ2v) is 8.99. The fourth-order valence-electron chi connectivity index (χ4n) is 3.35. The molecule has 0 spiro atoms. The van der Waals surface area contributed by atoms with Gasteiger partial charge in [-0.15, -0.1) is 23.1 Å². The molecule has 0 saturated carbocycles. The van der Waals surface area contributed by atoms with Crippen molar-refractivity contribution in [2.75, 3.05) is 26.7 Å². The summed E-state index contributed by atoms with van der Waals surface area (Å²) in [7, 11) is 2.24. The van der Waals surface area contributed by atoms with Crippen LogP contribution in [0.15, 0.2) is 15.7 Å². The van der Waals surface area contributed by atoms with Crippen molar-refractivity contribution in [3.63, 3.8) is 0 Å². The van der Waals surface area contributed by atoms with Crippen LogP contribution in [-0.2, 0) is 0 Å². The van der Waals surface area contributed by atoms with E-state index in [1.165, 1.54) is 45.3 Å². The number of thiophene rings is 1. The first-order chi connectivity index (χ1) is 9.72. The Morgan fingerprint density at radius 1 is 1.35 bits per heavy atom. The van der Waals surface area contributed by atoms with E-state index in [1.54, 1.807) is 9.77 Å². The van der Waals surface area contributed by atoms with E-state index in [4.69, 9.17) is 0 Å². The van der Waals surface area contributed by atoms with Crippen molar-refractivity contribution in [2.24, 2.45) is 5.92 Å². The predicted molar refractivity (Wildman–Crippen MR) is 89.8 cm³/mol. The molecule has 0 radical (unpaired) electrons. The van der Waals surface area contributed by atoms with Gasteiger partial charge < -0.3 is 10.2 Å². The van der Waals surface area contributed by atoms with Gasteiger partial charge in [0, 0.05) is 11.3 Å². The summed E-state index contributed by atoms with van der Waals surface area (Å²) < 4.78 is 1.54. The second kappa shape index (κ2) is 6.82. The van der Waals surface area contributed by atoms with Crippen LogP contribution in [0.3, 0.4) is 0 Å². The van der Waals surface area contributed by atoms with Crippen molar-refractivity contribution in [1.29, 1.82) is 0 Å².